The van der Waals surface area contributed by atoms with Gasteiger partial charge in [-0.25, -0.2) is 0 Å². The molecule has 1 aliphatic heterocycles. The first-order valence-corrected chi connectivity index (χ1v) is 7.31. The summed E-state index contributed by atoms with van der Waals surface area (Å²) in [5, 5.41) is 3.02. The van der Waals surface area contributed by atoms with Crippen molar-refractivity contribution in [3.8, 4) is 0 Å². The normalized spacial score (nSPS) is 17.8. The first-order valence-electron chi connectivity index (χ1n) is 5.89. The minimum atomic E-state index is 0.0448. The van der Waals surface area contributed by atoms with Gasteiger partial charge in [0.1, 0.15) is 0 Å². The Hall–Kier alpha value is -0.670. The van der Waals surface area contributed by atoms with Crippen LogP contribution in [0, 0.1) is 0 Å². The quantitative estimate of drug-likeness (QED) is 0.658. The monoisotopic (exact) mass is 269 g/mol. The zero-order valence-electron chi connectivity index (χ0n) is 9.62. The summed E-state index contributed by atoms with van der Waals surface area (Å²) in [4.78, 5) is 13.2. The molecule has 0 aliphatic carbocycles. The number of hydrogen-bond donors (Lipinski definition) is 1. The molecule has 4 heteroatoms. The van der Waals surface area contributed by atoms with Crippen LogP contribution in [0.25, 0.3) is 0 Å². The molecule has 17 heavy (non-hydrogen) atoms. The number of thioether (sulfide) groups is 1. The van der Waals surface area contributed by atoms with Gasteiger partial charge in [-0.05, 0) is 30.9 Å². The van der Waals surface area contributed by atoms with E-state index in [1.807, 2.05) is 12.1 Å². The van der Waals surface area contributed by atoms with Gasteiger partial charge in [-0.15, -0.1) is 23.4 Å². The van der Waals surface area contributed by atoms with Crippen LogP contribution in [-0.2, 0) is 11.2 Å². The predicted molar refractivity (Wildman–Crippen MR) is 72.8 cm³/mol. The fourth-order valence-corrected chi connectivity index (χ4v) is 3.28. The van der Waals surface area contributed by atoms with Gasteiger partial charge in [-0.2, -0.15) is 0 Å². The van der Waals surface area contributed by atoms with E-state index in [9.17, 15) is 4.79 Å². The molecular formula is C13H16ClNOS. The van der Waals surface area contributed by atoms with E-state index >= 15 is 0 Å². The number of carbonyl (C=O) groups is 1. The van der Waals surface area contributed by atoms with Crippen LogP contribution in [0.4, 0.5) is 0 Å². The van der Waals surface area contributed by atoms with Gasteiger partial charge in [0.25, 0.3) is 0 Å². The van der Waals surface area contributed by atoms with Crippen molar-refractivity contribution >= 4 is 29.3 Å². The number of alkyl halides is 1. The first-order chi connectivity index (χ1) is 8.31. The van der Waals surface area contributed by atoms with Crippen LogP contribution in [0.2, 0.25) is 0 Å². The Labute approximate surface area is 111 Å². The van der Waals surface area contributed by atoms with Crippen LogP contribution in [0.5, 0.6) is 0 Å². The Morgan fingerprint density at radius 1 is 1.41 bits per heavy atom. The van der Waals surface area contributed by atoms with Crippen molar-refractivity contribution in [2.24, 2.45) is 0 Å². The minimum Gasteiger partial charge on any atom is -0.355 e. The second kappa shape index (κ2) is 6.31. The van der Waals surface area contributed by atoms with Gasteiger partial charge < -0.3 is 5.32 Å². The molecule has 1 N–H and O–H groups in total. The number of benzene rings is 1. The standard InChI is InChI=1S/C13H16ClNOS/c14-7-3-4-8-15-13(16)12-9-10-5-1-2-6-11(10)17-12/h1-2,5-6,12H,3-4,7-9H2,(H,15,16). The molecule has 0 saturated heterocycles. The topological polar surface area (TPSA) is 29.1 Å². The number of hydrogen-bond acceptors (Lipinski definition) is 2. The molecular weight excluding hydrogens is 254 g/mol. The van der Waals surface area contributed by atoms with E-state index in [1.165, 1.54) is 10.5 Å². The van der Waals surface area contributed by atoms with Crippen molar-refractivity contribution in [1.29, 1.82) is 0 Å². The lowest BCUT2D eigenvalue weighted by atomic mass is 10.1. The number of amides is 1. The molecule has 0 aromatic heterocycles. The molecule has 0 saturated carbocycles. The number of halogens is 1. The number of rotatable bonds is 5. The SMILES string of the molecule is O=C(NCCCCCl)C1Cc2ccccc2S1. The Morgan fingerprint density at radius 3 is 3.00 bits per heavy atom. The highest BCUT2D eigenvalue weighted by Crippen LogP contribution is 2.36. The molecule has 2 nitrogen and oxygen atoms in total. The third kappa shape index (κ3) is 3.39. The highest BCUT2D eigenvalue weighted by molar-refractivity contribution is 8.01. The van der Waals surface area contributed by atoms with Crippen molar-refractivity contribution in [1.82, 2.24) is 5.32 Å². The average Bonchev–Trinajstić information content (AvgIpc) is 2.78. The maximum Gasteiger partial charge on any atom is 0.233 e. The fourth-order valence-electron chi connectivity index (χ4n) is 1.87. The van der Waals surface area contributed by atoms with Crippen molar-refractivity contribution in [3.63, 3.8) is 0 Å². The van der Waals surface area contributed by atoms with Crippen LogP contribution in [0.3, 0.4) is 0 Å². The Balaban J connectivity index is 1.80. The second-order valence-corrected chi connectivity index (χ2v) is 5.73. The third-order valence-corrected chi connectivity index (χ3v) is 4.38. The van der Waals surface area contributed by atoms with E-state index in [2.05, 4.69) is 17.4 Å². The number of nitrogens with one attached hydrogen (secondary N) is 1. The van der Waals surface area contributed by atoms with Gasteiger partial charge >= 0.3 is 0 Å². The maximum atomic E-state index is 11.9. The molecule has 0 radical (unpaired) electrons. The summed E-state index contributed by atoms with van der Waals surface area (Å²) in [6.45, 7) is 0.735. The summed E-state index contributed by atoms with van der Waals surface area (Å²) in [7, 11) is 0. The number of fused-ring (bicyclic) bond motifs is 1. The predicted octanol–water partition coefficient (Wildman–Crippen LogP) is 2.84. The molecule has 1 amide bonds. The van der Waals surface area contributed by atoms with Crippen LogP contribution in [-0.4, -0.2) is 23.6 Å². The van der Waals surface area contributed by atoms with Gasteiger partial charge in [0.2, 0.25) is 5.91 Å². The van der Waals surface area contributed by atoms with E-state index in [0.29, 0.717) is 5.88 Å². The lowest BCUT2D eigenvalue weighted by molar-refractivity contribution is -0.120. The smallest absolute Gasteiger partial charge is 0.233 e. The zero-order valence-corrected chi connectivity index (χ0v) is 11.2. The molecule has 2 rings (SSSR count). The van der Waals surface area contributed by atoms with Crippen molar-refractivity contribution in [2.75, 3.05) is 12.4 Å². The maximum absolute atomic E-state index is 11.9. The molecule has 1 aromatic carbocycles. The second-order valence-electron chi connectivity index (χ2n) is 4.11. The number of unbranched alkanes of at least 4 members (excludes halogenated alkanes) is 1. The minimum absolute atomic E-state index is 0.0448. The highest BCUT2D eigenvalue weighted by atomic mass is 35.5. The lowest BCUT2D eigenvalue weighted by Gasteiger charge is -2.09. The van der Waals surface area contributed by atoms with Gasteiger partial charge in [-0.3, -0.25) is 4.79 Å². The molecule has 1 atom stereocenters. The Morgan fingerprint density at radius 2 is 2.24 bits per heavy atom. The molecule has 1 aromatic rings. The van der Waals surface area contributed by atoms with E-state index in [0.717, 1.165) is 25.8 Å². The highest BCUT2D eigenvalue weighted by Gasteiger charge is 2.27. The van der Waals surface area contributed by atoms with E-state index in [4.69, 9.17) is 11.6 Å². The largest absolute Gasteiger partial charge is 0.355 e. The Bertz CT molecular complexity index is 372. The van der Waals surface area contributed by atoms with E-state index in [1.54, 1.807) is 11.8 Å². The average molecular weight is 270 g/mol. The van der Waals surface area contributed by atoms with Crippen LogP contribution in [0.15, 0.2) is 29.2 Å². The van der Waals surface area contributed by atoms with E-state index < -0.39 is 0 Å². The summed E-state index contributed by atoms with van der Waals surface area (Å²) in [6.07, 6.45) is 2.77. The molecule has 1 aliphatic rings. The van der Waals surface area contributed by atoms with E-state index in [-0.39, 0.29) is 11.2 Å². The van der Waals surface area contributed by atoms with Gasteiger partial charge in [0, 0.05) is 17.3 Å². The van der Waals surface area contributed by atoms with Crippen LogP contribution < -0.4 is 5.32 Å². The number of carbonyl (C=O) groups excluding carboxylic acids is 1. The molecule has 0 bridgehead atoms. The van der Waals surface area contributed by atoms with Gasteiger partial charge in [0.15, 0.2) is 0 Å². The molecule has 1 heterocycles. The summed E-state index contributed by atoms with van der Waals surface area (Å²) in [6, 6.07) is 8.23. The summed E-state index contributed by atoms with van der Waals surface area (Å²) in [5.74, 6) is 0.820. The fraction of sp³-hybridized carbons (Fsp3) is 0.462. The summed E-state index contributed by atoms with van der Waals surface area (Å²) in [5.41, 5.74) is 1.29. The van der Waals surface area contributed by atoms with Crippen LogP contribution >= 0.6 is 23.4 Å². The Kier molecular flexibility index (Phi) is 4.75. The third-order valence-electron chi connectivity index (χ3n) is 2.80. The lowest BCUT2D eigenvalue weighted by Crippen LogP contribution is -2.33. The van der Waals surface area contributed by atoms with Crippen molar-refractivity contribution in [3.05, 3.63) is 29.8 Å². The van der Waals surface area contributed by atoms with Crippen molar-refractivity contribution < 1.29 is 4.79 Å². The molecule has 92 valence electrons. The first kappa shape index (κ1) is 12.8. The van der Waals surface area contributed by atoms with Crippen molar-refractivity contribution in [2.45, 2.75) is 29.4 Å². The van der Waals surface area contributed by atoms with Crippen LogP contribution in [0.1, 0.15) is 18.4 Å². The molecule has 0 spiro atoms. The summed E-state index contributed by atoms with van der Waals surface area (Å²) < 4.78 is 0. The van der Waals surface area contributed by atoms with Gasteiger partial charge in [-0.1, -0.05) is 18.2 Å². The zero-order chi connectivity index (χ0) is 12.1. The summed E-state index contributed by atoms with van der Waals surface area (Å²) >= 11 is 7.26. The van der Waals surface area contributed by atoms with Gasteiger partial charge in [0.05, 0.1) is 5.25 Å². The molecule has 0 fully saturated rings. The molecule has 1 unspecified atom stereocenters.